The van der Waals surface area contributed by atoms with Gasteiger partial charge in [-0.25, -0.2) is 18.4 Å². The van der Waals surface area contributed by atoms with Gasteiger partial charge in [0.05, 0.1) is 33.3 Å². The highest BCUT2D eigenvalue weighted by Gasteiger charge is 2.32. The zero-order valence-corrected chi connectivity index (χ0v) is 20.5. The van der Waals surface area contributed by atoms with E-state index < -0.39 is 28.3 Å². The third-order valence-corrected chi connectivity index (χ3v) is 5.97. The first kappa shape index (κ1) is 24.9. The number of nitrogens with one attached hydrogen (secondary N) is 1. The molecular formula is C21H20ClF3N6O3S. The summed E-state index contributed by atoms with van der Waals surface area (Å²) in [6.45, 7) is 3.75. The van der Waals surface area contributed by atoms with E-state index in [-0.39, 0.29) is 50.2 Å². The van der Waals surface area contributed by atoms with Gasteiger partial charge in [-0.3, -0.25) is 18.8 Å². The summed E-state index contributed by atoms with van der Waals surface area (Å²) in [5.74, 6) is -0.460. The van der Waals surface area contributed by atoms with Crippen molar-refractivity contribution >= 4 is 49.4 Å². The molecule has 0 saturated heterocycles. The second-order valence-corrected chi connectivity index (χ2v) is 10.5. The second-order valence-electron chi connectivity index (χ2n) is 8.37. The number of nitrogens with zero attached hydrogens (tertiary/aromatic N) is 5. The molecule has 0 atom stereocenters. The smallest absolute Gasteiger partial charge is 0.268 e. The SMILES string of the molecule is Cc1ccc2c(=O)n(-c3ccc(Cl)c4c(NS(C)(=O)=O)nn(CC(F)(F)F)c34)c(C(C)C)nc2n1. The summed E-state index contributed by atoms with van der Waals surface area (Å²) in [5.41, 5.74) is 0.152. The molecule has 0 aliphatic heterocycles. The van der Waals surface area contributed by atoms with Crippen molar-refractivity contribution in [3.05, 3.63) is 51.2 Å². The average Bonchev–Trinajstić information content (AvgIpc) is 3.03. The highest BCUT2D eigenvalue weighted by Crippen LogP contribution is 2.36. The van der Waals surface area contributed by atoms with E-state index >= 15 is 0 Å². The molecule has 4 rings (SSSR count). The summed E-state index contributed by atoms with van der Waals surface area (Å²) in [7, 11) is -3.91. The number of pyridine rings is 1. The van der Waals surface area contributed by atoms with Gasteiger partial charge in [-0.2, -0.15) is 18.3 Å². The first-order valence-corrected chi connectivity index (χ1v) is 12.6. The topological polar surface area (TPSA) is 112 Å². The van der Waals surface area contributed by atoms with E-state index in [4.69, 9.17) is 11.6 Å². The monoisotopic (exact) mass is 528 g/mol. The molecular weight excluding hydrogens is 509 g/mol. The van der Waals surface area contributed by atoms with Crippen molar-refractivity contribution in [2.24, 2.45) is 0 Å². The van der Waals surface area contributed by atoms with Crippen LogP contribution in [0.2, 0.25) is 5.02 Å². The van der Waals surface area contributed by atoms with E-state index in [1.807, 2.05) is 0 Å². The minimum absolute atomic E-state index is 0.0198. The van der Waals surface area contributed by atoms with Crippen LogP contribution in [0.5, 0.6) is 0 Å². The minimum Gasteiger partial charge on any atom is -0.268 e. The lowest BCUT2D eigenvalue weighted by molar-refractivity contribution is -0.141. The second kappa shape index (κ2) is 8.48. The van der Waals surface area contributed by atoms with Crippen molar-refractivity contribution in [1.29, 1.82) is 0 Å². The summed E-state index contributed by atoms with van der Waals surface area (Å²) in [6.07, 6.45) is -3.86. The number of halogens is 4. The zero-order chi connectivity index (χ0) is 25.9. The largest absolute Gasteiger partial charge is 0.408 e. The van der Waals surface area contributed by atoms with Crippen LogP contribution in [0.25, 0.3) is 27.6 Å². The number of fused-ring (bicyclic) bond motifs is 2. The third-order valence-electron chi connectivity index (χ3n) is 5.09. The lowest BCUT2D eigenvalue weighted by Gasteiger charge is -2.18. The fraction of sp³-hybridized carbons (Fsp3) is 0.333. The average molecular weight is 529 g/mol. The highest BCUT2D eigenvalue weighted by atomic mass is 35.5. The van der Waals surface area contributed by atoms with Crippen LogP contribution < -0.4 is 10.3 Å². The van der Waals surface area contributed by atoms with Crippen LogP contribution in [-0.2, 0) is 16.6 Å². The number of aromatic nitrogens is 5. The van der Waals surface area contributed by atoms with Gasteiger partial charge in [0.15, 0.2) is 11.5 Å². The number of rotatable bonds is 5. The maximum Gasteiger partial charge on any atom is 0.408 e. The number of hydrogen-bond donors (Lipinski definition) is 1. The Morgan fingerprint density at radius 1 is 1.14 bits per heavy atom. The molecule has 3 aromatic heterocycles. The van der Waals surface area contributed by atoms with Gasteiger partial charge in [0.2, 0.25) is 10.0 Å². The van der Waals surface area contributed by atoms with Crippen molar-refractivity contribution in [3.63, 3.8) is 0 Å². The standard InChI is InChI=1S/C21H20ClF3N6O3S/c1-10(2)19-27-17-12(6-5-11(3)26-17)20(32)31(19)14-8-7-13(22)15-16(14)30(9-21(23,24)25)28-18(15)29-35(4,33)34/h5-8,10H,9H2,1-4H3,(H,28,29). The first-order chi connectivity index (χ1) is 16.2. The number of aryl methyl sites for hydroxylation is 1. The lowest BCUT2D eigenvalue weighted by atomic mass is 10.1. The van der Waals surface area contributed by atoms with E-state index in [9.17, 15) is 26.4 Å². The zero-order valence-electron chi connectivity index (χ0n) is 19.0. The van der Waals surface area contributed by atoms with Crippen LogP contribution in [0.4, 0.5) is 19.0 Å². The number of alkyl halides is 3. The van der Waals surface area contributed by atoms with Crippen LogP contribution in [0, 0.1) is 6.92 Å². The summed E-state index contributed by atoms with van der Waals surface area (Å²) in [6, 6.07) is 5.92. The molecule has 9 nitrogen and oxygen atoms in total. The molecule has 186 valence electrons. The molecule has 0 bridgehead atoms. The molecule has 0 unspecified atom stereocenters. The Bertz CT molecular complexity index is 1640. The van der Waals surface area contributed by atoms with Crippen molar-refractivity contribution in [1.82, 2.24) is 24.3 Å². The predicted octanol–water partition coefficient (Wildman–Crippen LogP) is 4.15. The molecule has 14 heteroatoms. The van der Waals surface area contributed by atoms with Gasteiger partial charge in [-0.1, -0.05) is 25.4 Å². The van der Waals surface area contributed by atoms with E-state index in [2.05, 4.69) is 19.8 Å². The van der Waals surface area contributed by atoms with Crippen molar-refractivity contribution < 1.29 is 21.6 Å². The first-order valence-electron chi connectivity index (χ1n) is 10.3. The normalized spacial score (nSPS) is 12.7. The molecule has 1 aromatic carbocycles. The van der Waals surface area contributed by atoms with Gasteiger partial charge in [0, 0.05) is 11.6 Å². The van der Waals surface area contributed by atoms with E-state index in [1.54, 1.807) is 32.9 Å². The van der Waals surface area contributed by atoms with Gasteiger partial charge in [0.1, 0.15) is 12.4 Å². The number of hydrogen-bond acceptors (Lipinski definition) is 6. The summed E-state index contributed by atoms with van der Waals surface area (Å²) in [5, 5.41) is 3.90. The van der Waals surface area contributed by atoms with Crippen LogP contribution in [0.1, 0.15) is 31.3 Å². The van der Waals surface area contributed by atoms with Crippen LogP contribution in [-0.4, -0.2) is 45.2 Å². The Morgan fingerprint density at radius 3 is 2.43 bits per heavy atom. The van der Waals surface area contributed by atoms with E-state index in [1.165, 1.54) is 16.7 Å². The molecule has 0 aliphatic carbocycles. The molecule has 0 aliphatic rings. The number of anilines is 1. The number of benzene rings is 1. The van der Waals surface area contributed by atoms with Crippen molar-refractivity contribution in [2.75, 3.05) is 11.0 Å². The van der Waals surface area contributed by atoms with Crippen LogP contribution >= 0.6 is 11.6 Å². The molecule has 0 fully saturated rings. The Morgan fingerprint density at radius 2 is 1.83 bits per heavy atom. The summed E-state index contributed by atoms with van der Waals surface area (Å²) >= 11 is 6.31. The van der Waals surface area contributed by atoms with E-state index in [0.29, 0.717) is 10.4 Å². The predicted molar refractivity (Wildman–Crippen MR) is 127 cm³/mol. The molecule has 35 heavy (non-hydrogen) atoms. The fourth-order valence-electron chi connectivity index (χ4n) is 3.77. The quantitative estimate of drug-likeness (QED) is 0.416. The third kappa shape index (κ3) is 4.82. The fourth-order valence-corrected chi connectivity index (χ4v) is 4.51. The molecule has 0 saturated carbocycles. The summed E-state index contributed by atoms with van der Waals surface area (Å²) in [4.78, 5) is 22.5. The molecule has 0 radical (unpaired) electrons. The van der Waals surface area contributed by atoms with Gasteiger partial charge < -0.3 is 0 Å². The number of sulfonamides is 1. The Hall–Kier alpha value is -3.19. The minimum atomic E-state index is -4.70. The Kier molecular flexibility index (Phi) is 6.04. The van der Waals surface area contributed by atoms with Crippen LogP contribution in [0.15, 0.2) is 29.1 Å². The molecule has 0 amide bonds. The molecule has 4 aromatic rings. The molecule has 0 spiro atoms. The van der Waals surface area contributed by atoms with Crippen LogP contribution in [0.3, 0.4) is 0 Å². The maximum atomic E-state index is 13.6. The Labute approximate surface area is 202 Å². The van der Waals surface area contributed by atoms with E-state index in [0.717, 1.165) is 6.26 Å². The van der Waals surface area contributed by atoms with Gasteiger partial charge in [0.25, 0.3) is 5.56 Å². The summed E-state index contributed by atoms with van der Waals surface area (Å²) < 4.78 is 68.0. The van der Waals surface area contributed by atoms with Gasteiger partial charge >= 0.3 is 6.18 Å². The van der Waals surface area contributed by atoms with Crippen molar-refractivity contribution in [2.45, 2.75) is 39.4 Å². The highest BCUT2D eigenvalue weighted by molar-refractivity contribution is 7.92. The molecule has 3 heterocycles. The van der Waals surface area contributed by atoms with Gasteiger partial charge in [-0.15, -0.1) is 0 Å². The molecule has 1 N–H and O–H groups in total. The van der Waals surface area contributed by atoms with Gasteiger partial charge in [-0.05, 0) is 31.2 Å². The lowest BCUT2D eigenvalue weighted by Crippen LogP contribution is -2.26. The Balaban J connectivity index is 2.17. The van der Waals surface area contributed by atoms with Crippen molar-refractivity contribution in [3.8, 4) is 5.69 Å². The maximum absolute atomic E-state index is 13.6.